The maximum Gasteiger partial charge on any atom is 0.262 e. The number of rotatable bonds is 10. The quantitative estimate of drug-likeness (QED) is 0.421. The van der Waals surface area contributed by atoms with Crippen LogP contribution < -0.4 is 4.72 Å². The van der Waals surface area contributed by atoms with Gasteiger partial charge in [-0.15, -0.1) is 11.3 Å². The third-order valence-electron chi connectivity index (χ3n) is 4.02. The molecule has 0 radical (unpaired) electrons. The minimum Gasteiger partial charge on any atom is -0.368 e. The van der Waals surface area contributed by atoms with Crippen molar-refractivity contribution in [2.45, 2.75) is 63.6 Å². The van der Waals surface area contributed by atoms with E-state index in [-0.39, 0.29) is 4.90 Å². The van der Waals surface area contributed by atoms with E-state index in [0.29, 0.717) is 17.1 Å². The molecule has 0 aliphatic rings. The van der Waals surface area contributed by atoms with E-state index in [1.54, 1.807) is 25.1 Å². The highest BCUT2D eigenvalue weighted by molar-refractivity contribution is 7.93. The summed E-state index contributed by atoms with van der Waals surface area (Å²) >= 11 is 1.33. The summed E-state index contributed by atoms with van der Waals surface area (Å²) in [4.78, 5) is 4.50. The van der Waals surface area contributed by atoms with Gasteiger partial charge in [-0.05, 0) is 57.2 Å². The maximum absolute atomic E-state index is 12.6. The molecule has 0 aliphatic carbocycles. The smallest absolute Gasteiger partial charge is 0.262 e. The van der Waals surface area contributed by atoms with Crippen molar-refractivity contribution >= 4 is 26.4 Å². The van der Waals surface area contributed by atoms with E-state index in [0.717, 1.165) is 42.7 Å². The summed E-state index contributed by atoms with van der Waals surface area (Å²) in [7, 11) is -3.63. The average molecular weight is 399 g/mol. The van der Waals surface area contributed by atoms with Gasteiger partial charge in [0.25, 0.3) is 10.0 Å². The fourth-order valence-electron chi connectivity index (χ4n) is 2.68. The van der Waals surface area contributed by atoms with Crippen molar-refractivity contribution in [1.82, 2.24) is 4.98 Å². The first kappa shape index (κ1) is 20.8. The Hall–Kier alpha value is -1.48. The van der Waals surface area contributed by atoms with Crippen LogP contribution in [0.4, 0.5) is 5.00 Å². The van der Waals surface area contributed by atoms with Gasteiger partial charge in [0.05, 0.1) is 15.6 Å². The molecule has 0 fully saturated rings. The molecule has 6 nitrogen and oxygen atoms in total. The molecule has 1 aromatic heterocycles. The van der Waals surface area contributed by atoms with Crippen LogP contribution in [0.2, 0.25) is 0 Å². The molecule has 1 heterocycles. The molecule has 0 atom stereocenters. The van der Waals surface area contributed by atoms with Gasteiger partial charge >= 0.3 is 0 Å². The molecule has 0 spiro atoms. The van der Waals surface area contributed by atoms with Crippen molar-refractivity contribution in [2.75, 3.05) is 4.72 Å². The van der Waals surface area contributed by atoms with Gasteiger partial charge < -0.3 is 10.2 Å². The molecule has 144 valence electrons. The first-order valence-electron chi connectivity index (χ1n) is 8.70. The lowest BCUT2D eigenvalue weighted by molar-refractivity contribution is -0.0466. The SMILES string of the molecule is Cc1nc(C)c(NS(=O)(=O)c2cccc(CCCCCCC(O)O)c2)s1. The topological polar surface area (TPSA) is 99.5 Å². The first-order valence-corrected chi connectivity index (χ1v) is 11.0. The fraction of sp³-hybridized carbons (Fsp3) is 0.500. The molecule has 26 heavy (non-hydrogen) atoms. The molecule has 3 N–H and O–H groups in total. The van der Waals surface area contributed by atoms with Crippen molar-refractivity contribution in [1.29, 1.82) is 0 Å². The van der Waals surface area contributed by atoms with Crippen LogP contribution in [0, 0.1) is 13.8 Å². The van der Waals surface area contributed by atoms with Crippen LogP contribution in [0.3, 0.4) is 0 Å². The minimum absolute atomic E-state index is 0.254. The molecule has 0 amide bonds. The molecule has 0 saturated heterocycles. The largest absolute Gasteiger partial charge is 0.368 e. The third-order valence-corrected chi connectivity index (χ3v) is 6.48. The molecule has 0 saturated carbocycles. The Balaban J connectivity index is 1.94. The molecule has 0 bridgehead atoms. The number of aryl methyl sites for hydroxylation is 3. The van der Waals surface area contributed by atoms with Crippen molar-refractivity contribution in [3.8, 4) is 0 Å². The highest BCUT2D eigenvalue weighted by Gasteiger charge is 2.17. The van der Waals surface area contributed by atoms with Crippen LogP contribution in [0.1, 0.15) is 48.4 Å². The molecule has 0 unspecified atom stereocenters. The Morgan fingerprint density at radius 3 is 2.54 bits per heavy atom. The number of aromatic nitrogens is 1. The number of aliphatic hydroxyl groups is 2. The molecule has 2 rings (SSSR count). The van der Waals surface area contributed by atoms with E-state index < -0.39 is 16.3 Å². The van der Waals surface area contributed by atoms with Crippen LogP contribution in [0.25, 0.3) is 0 Å². The lowest BCUT2D eigenvalue weighted by Crippen LogP contribution is -2.13. The Labute approximate surface area is 159 Å². The third kappa shape index (κ3) is 6.35. The second kappa shape index (κ2) is 9.45. The Morgan fingerprint density at radius 2 is 1.88 bits per heavy atom. The Bertz CT molecular complexity index is 816. The number of hydrogen-bond acceptors (Lipinski definition) is 6. The normalized spacial score (nSPS) is 11.9. The molecule has 0 aliphatic heterocycles. The van der Waals surface area contributed by atoms with Gasteiger partial charge in [0.15, 0.2) is 6.29 Å². The standard InChI is InChI=1S/C18H26N2O4S2/c1-13-18(25-14(2)19-13)20-26(23,24)16-10-7-9-15(12-16)8-5-3-4-6-11-17(21)22/h7,9-10,12,17,20-22H,3-6,8,11H2,1-2H3. The number of aliphatic hydroxyl groups excluding tert-OH is 1. The summed E-state index contributed by atoms with van der Waals surface area (Å²) < 4.78 is 27.9. The van der Waals surface area contributed by atoms with Crippen LogP contribution >= 0.6 is 11.3 Å². The molecule has 1 aromatic carbocycles. The summed E-state index contributed by atoms with van der Waals surface area (Å²) in [5.41, 5.74) is 1.66. The average Bonchev–Trinajstić information content (AvgIpc) is 2.87. The van der Waals surface area contributed by atoms with Gasteiger partial charge in [0.1, 0.15) is 5.00 Å². The Morgan fingerprint density at radius 1 is 1.15 bits per heavy atom. The number of anilines is 1. The zero-order valence-electron chi connectivity index (χ0n) is 15.1. The number of benzene rings is 1. The molecular formula is C18H26N2O4S2. The summed E-state index contributed by atoms with van der Waals surface area (Å²) in [5.74, 6) is 0. The van der Waals surface area contributed by atoms with E-state index >= 15 is 0 Å². The van der Waals surface area contributed by atoms with Gasteiger partial charge in [-0.1, -0.05) is 25.0 Å². The zero-order valence-corrected chi connectivity index (χ0v) is 16.7. The van der Waals surface area contributed by atoms with Gasteiger partial charge in [0, 0.05) is 0 Å². The van der Waals surface area contributed by atoms with Gasteiger partial charge in [-0.25, -0.2) is 13.4 Å². The fourth-order valence-corrected chi connectivity index (χ4v) is 4.93. The van der Waals surface area contributed by atoms with Crippen molar-refractivity contribution in [2.24, 2.45) is 0 Å². The number of hydrogen-bond donors (Lipinski definition) is 3. The monoisotopic (exact) mass is 398 g/mol. The molecule has 2 aromatic rings. The number of unbranched alkanes of at least 4 members (excludes halogenated alkanes) is 3. The lowest BCUT2D eigenvalue weighted by Gasteiger charge is -2.09. The number of thiazole rings is 1. The van der Waals surface area contributed by atoms with Crippen LogP contribution in [0.15, 0.2) is 29.2 Å². The maximum atomic E-state index is 12.6. The summed E-state index contributed by atoms with van der Waals surface area (Å²) in [6.07, 6.45) is 3.59. The molecule has 8 heteroatoms. The van der Waals surface area contributed by atoms with Crippen LogP contribution in [-0.2, 0) is 16.4 Å². The van der Waals surface area contributed by atoms with Crippen molar-refractivity contribution in [3.63, 3.8) is 0 Å². The van der Waals surface area contributed by atoms with Crippen molar-refractivity contribution < 1.29 is 18.6 Å². The van der Waals surface area contributed by atoms with E-state index in [1.807, 2.05) is 13.0 Å². The van der Waals surface area contributed by atoms with Crippen LogP contribution in [-0.4, -0.2) is 29.9 Å². The predicted molar refractivity (Wildman–Crippen MR) is 104 cm³/mol. The second-order valence-electron chi connectivity index (χ2n) is 6.33. The van der Waals surface area contributed by atoms with E-state index in [9.17, 15) is 8.42 Å². The highest BCUT2D eigenvalue weighted by atomic mass is 32.2. The predicted octanol–water partition coefficient (Wildman–Crippen LogP) is 3.36. The number of nitrogens with zero attached hydrogens (tertiary/aromatic N) is 1. The summed E-state index contributed by atoms with van der Waals surface area (Å²) in [5, 5.41) is 19.0. The summed E-state index contributed by atoms with van der Waals surface area (Å²) in [6.45, 7) is 3.63. The van der Waals surface area contributed by atoms with Gasteiger partial charge in [0.2, 0.25) is 0 Å². The van der Waals surface area contributed by atoms with E-state index in [2.05, 4.69) is 9.71 Å². The number of nitrogens with one attached hydrogen (secondary N) is 1. The second-order valence-corrected chi connectivity index (χ2v) is 9.22. The summed E-state index contributed by atoms with van der Waals surface area (Å²) in [6, 6.07) is 7.00. The Kier molecular flexibility index (Phi) is 7.57. The zero-order chi connectivity index (χ0) is 19.2. The first-order chi connectivity index (χ1) is 12.3. The lowest BCUT2D eigenvalue weighted by atomic mass is 10.1. The van der Waals surface area contributed by atoms with E-state index in [4.69, 9.17) is 10.2 Å². The van der Waals surface area contributed by atoms with Crippen molar-refractivity contribution in [3.05, 3.63) is 40.5 Å². The molecular weight excluding hydrogens is 372 g/mol. The minimum atomic E-state index is -3.63. The van der Waals surface area contributed by atoms with Gasteiger partial charge in [-0.2, -0.15) is 0 Å². The van der Waals surface area contributed by atoms with Gasteiger partial charge in [-0.3, -0.25) is 4.72 Å². The van der Waals surface area contributed by atoms with E-state index in [1.165, 1.54) is 11.3 Å². The van der Waals surface area contributed by atoms with Crippen LogP contribution in [0.5, 0.6) is 0 Å². The number of sulfonamides is 1. The highest BCUT2D eigenvalue weighted by Crippen LogP contribution is 2.26.